The van der Waals surface area contributed by atoms with Crippen molar-refractivity contribution in [1.29, 1.82) is 0 Å². The van der Waals surface area contributed by atoms with Gasteiger partial charge in [0.25, 0.3) is 5.91 Å². The quantitative estimate of drug-likeness (QED) is 0.824. The lowest BCUT2D eigenvalue weighted by Crippen LogP contribution is -2.36. The SMILES string of the molecule is COCCN(C(=O)c1cc(Cl)ncc1N)C1CC1. The van der Waals surface area contributed by atoms with Crippen molar-refractivity contribution in [1.82, 2.24) is 9.88 Å². The monoisotopic (exact) mass is 269 g/mol. The lowest BCUT2D eigenvalue weighted by atomic mass is 10.2. The molecule has 6 heteroatoms. The number of ether oxygens (including phenoxy) is 1. The second-order valence-electron chi connectivity index (χ2n) is 4.32. The summed E-state index contributed by atoms with van der Waals surface area (Å²) in [6.07, 6.45) is 3.49. The van der Waals surface area contributed by atoms with E-state index in [4.69, 9.17) is 22.1 Å². The van der Waals surface area contributed by atoms with Crippen molar-refractivity contribution in [2.24, 2.45) is 0 Å². The summed E-state index contributed by atoms with van der Waals surface area (Å²) >= 11 is 5.80. The van der Waals surface area contributed by atoms with E-state index in [-0.39, 0.29) is 11.1 Å². The minimum Gasteiger partial charge on any atom is -0.397 e. The number of amides is 1. The van der Waals surface area contributed by atoms with E-state index >= 15 is 0 Å². The molecule has 0 spiro atoms. The van der Waals surface area contributed by atoms with Gasteiger partial charge in [-0.15, -0.1) is 0 Å². The van der Waals surface area contributed by atoms with Crippen molar-refractivity contribution in [3.63, 3.8) is 0 Å². The highest BCUT2D eigenvalue weighted by Crippen LogP contribution is 2.29. The number of hydrogen-bond acceptors (Lipinski definition) is 4. The van der Waals surface area contributed by atoms with E-state index in [0.29, 0.717) is 30.4 Å². The molecule has 1 amide bonds. The Morgan fingerprint density at radius 2 is 2.39 bits per heavy atom. The van der Waals surface area contributed by atoms with E-state index in [9.17, 15) is 4.79 Å². The maximum Gasteiger partial charge on any atom is 0.256 e. The summed E-state index contributed by atoms with van der Waals surface area (Å²) in [4.78, 5) is 18.1. The van der Waals surface area contributed by atoms with Crippen molar-refractivity contribution >= 4 is 23.2 Å². The summed E-state index contributed by atoms with van der Waals surface area (Å²) in [5, 5.41) is 0.273. The van der Waals surface area contributed by atoms with E-state index in [2.05, 4.69) is 4.98 Å². The van der Waals surface area contributed by atoms with Gasteiger partial charge in [0.2, 0.25) is 0 Å². The van der Waals surface area contributed by atoms with Crippen LogP contribution in [-0.4, -0.2) is 42.1 Å². The van der Waals surface area contributed by atoms with Crippen LogP contribution in [-0.2, 0) is 4.74 Å². The number of carbonyl (C=O) groups is 1. The number of aromatic nitrogens is 1. The smallest absolute Gasteiger partial charge is 0.256 e. The highest BCUT2D eigenvalue weighted by Gasteiger charge is 2.33. The number of halogens is 1. The Balaban J connectivity index is 2.19. The first kappa shape index (κ1) is 13.1. The lowest BCUT2D eigenvalue weighted by Gasteiger charge is -2.22. The van der Waals surface area contributed by atoms with Gasteiger partial charge in [0.1, 0.15) is 5.15 Å². The van der Waals surface area contributed by atoms with E-state index < -0.39 is 0 Å². The predicted octanol–water partition coefficient (Wildman–Crippen LogP) is 1.57. The molecular weight excluding hydrogens is 254 g/mol. The van der Waals surface area contributed by atoms with Crippen LogP contribution in [0.15, 0.2) is 12.3 Å². The number of methoxy groups -OCH3 is 1. The molecule has 2 rings (SSSR count). The Morgan fingerprint density at radius 1 is 1.67 bits per heavy atom. The molecule has 0 unspecified atom stereocenters. The first-order chi connectivity index (χ1) is 8.63. The van der Waals surface area contributed by atoms with Crippen molar-refractivity contribution in [2.45, 2.75) is 18.9 Å². The number of nitrogen functional groups attached to an aromatic ring is 1. The van der Waals surface area contributed by atoms with Crippen LogP contribution in [0.5, 0.6) is 0 Å². The predicted molar refractivity (Wildman–Crippen MR) is 69.6 cm³/mol. The van der Waals surface area contributed by atoms with Gasteiger partial charge in [-0.05, 0) is 18.9 Å². The van der Waals surface area contributed by atoms with Crippen molar-refractivity contribution < 1.29 is 9.53 Å². The summed E-state index contributed by atoms with van der Waals surface area (Å²) in [5.74, 6) is -0.101. The Bertz CT molecular complexity index is 449. The minimum atomic E-state index is -0.101. The molecule has 1 fully saturated rings. The Morgan fingerprint density at radius 3 is 3.00 bits per heavy atom. The molecule has 1 saturated carbocycles. The number of carbonyl (C=O) groups excluding carboxylic acids is 1. The largest absolute Gasteiger partial charge is 0.397 e. The van der Waals surface area contributed by atoms with Gasteiger partial charge in [-0.3, -0.25) is 4.79 Å². The topological polar surface area (TPSA) is 68.5 Å². The number of nitrogens with zero attached hydrogens (tertiary/aromatic N) is 2. The van der Waals surface area contributed by atoms with Crippen LogP contribution in [0.4, 0.5) is 5.69 Å². The molecule has 18 heavy (non-hydrogen) atoms. The summed E-state index contributed by atoms with van der Waals surface area (Å²) in [7, 11) is 1.62. The molecule has 1 aromatic heterocycles. The second-order valence-corrected chi connectivity index (χ2v) is 4.70. The van der Waals surface area contributed by atoms with Crippen molar-refractivity contribution in [3.05, 3.63) is 23.0 Å². The Kier molecular flexibility index (Phi) is 4.04. The fourth-order valence-electron chi connectivity index (χ4n) is 1.81. The maximum atomic E-state index is 12.4. The van der Waals surface area contributed by atoms with Gasteiger partial charge in [-0.1, -0.05) is 11.6 Å². The third kappa shape index (κ3) is 2.91. The van der Waals surface area contributed by atoms with Crippen LogP contribution in [0.3, 0.4) is 0 Å². The normalized spacial score (nSPS) is 14.6. The number of hydrogen-bond donors (Lipinski definition) is 1. The zero-order valence-electron chi connectivity index (χ0n) is 10.2. The molecule has 1 aliphatic carbocycles. The highest BCUT2D eigenvalue weighted by atomic mass is 35.5. The minimum absolute atomic E-state index is 0.101. The van der Waals surface area contributed by atoms with Gasteiger partial charge in [-0.2, -0.15) is 0 Å². The fraction of sp³-hybridized carbons (Fsp3) is 0.500. The molecule has 1 aromatic rings. The summed E-state index contributed by atoms with van der Waals surface area (Å²) < 4.78 is 5.03. The highest BCUT2D eigenvalue weighted by molar-refractivity contribution is 6.29. The van der Waals surface area contributed by atoms with Crippen molar-refractivity contribution in [3.8, 4) is 0 Å². The standard InChI is InChI=1S/C12H16ClN3O2/c1-18-5-4-16(8-2-3-8)12(17)9-6-11(13)15-7-10(9)14/h6-8H,2-5,14H2,1H3. The second kappa shape index (κ2) is 5.54. The van der Waals surface area contributed by atoms with Crippen molar-refractivity contribution in [2.75, 3.05) is 26.0 Å². The Hall–Kier alpha value is -1.33. The fourth-order valence-corrected chi connectivity index (χ4v) is 1.96. The molecule has 98 valence electrons. The first-order valence-electron chi connectivity index (χ1n) is 5.84. The first-order valence-corrected chi connectivity index (χ1v) is 6.22. The number of nitrogens with two attached hydrogens (primary N) is 1. The van der Waals surface area contributed by atoms with Gasteiger partial charge in [0.15, 0.2) is 0 Å². The van der Waals surface area contributed by atoms with E-state index in [1.165, 1.54) is 12.3 Å². The number of pyridine rings is 1. The maximum absolute atomic E-state index is 12.4. The summed E-state index contributed by atoms with van der Waals surface area (Å²) in [6.45, 7) is 1.08. The molecule has 1 heterocycles. The third-order valence-corrected chi connectivity index (χ3v) is 3.12. The average molecular weight is 270 g/mol. The number of anilines is 1. The van der Waals surface area contributed by atoms with Gasteiger partial charge >= 0.3 is 0 Å². The van der Waals surface area contributed by atoms with E-state index in [1.807, 2.05) is 0 Å². The molecule has 1 aliphatic rings. The molecular formula is C12H16ClN3O2. The summed E-state index contributed by atoms with van der Waals surface area (Å²) in [6, 6.07) is 1.82. The number of rotatable bonds is 5. The molecule has 0 atom stereocenters. The Labute approximate surface area is 111 Å². The molecule has 5 nitrogen and oxygen atoms in total. The van der Waals surface area contributed by atoms with Gasteiger partial charge in [-0.25, -0.2) is 4.98 Å². The molecule has 2 N–H and O–H groups in total. The van der Waals surface area contributed by atoms with Gasteiger partial charge in [0.05, 0.1) is 24.1 Å². The van der Waals surface area contributed by atoms with Gasteiger partial charge in [0, 0.05) is 19.7 Å². The van der Waals surface area contributed by atoms with Gasteiger partial charge < -0.3 is 15.4 Å². The van der Waals surface area contributed by atoms with Crippen LogP contribution in [0.1, 0.15) is 23.2 Å². The molecule has 0 aromatic carbocycles. The van der Waals surface area contributed by atoms with Crippen LogP contribution in [0.2, 0.25) is 5.15 Å². The molecule has 0 bridgehead atoms. The lowest BCUT2D eigenvalue weighted by molar-refractivity contribution is 0.0681. The molecule has 0 radical (unpaired) electrons. The summed E-state index contributed by atoms with van der Waals surface area (Å²) in [5.41, 5.74) is 6.55. The zero-order valence-corrected chi connectivity index (χ0v) is 11.0. The van der Waals surface area contributed by atoms with Crippen LogP contribution >= 0.6 is 11.6 Å². The van der Waals surface area contributed by atoms with Crippen LogP contribution in [0.25, 0.3) is 0 Å². The average Bonchev–Trinajstić information content (AvgIpc) is 3.17. The van der Waals surface area contributed by atoms with Crippen LogP contribution in [0, 0.1) is 0 Å². The third-order valence-electron chi connectivity index (χ3n) is 2.92. The van der Waals surface area contributed by atoms with E-state index in [0.717, 1.165) is 12.8 Å². The zero-order chi connectivity index (χ0) is 13.1. The molecule has 0 saturated heterocycles. The molecule has 0 aliphatic heterocycles. The van der Waals surface area contributed by atoms with E-state index in [1.54, 1.807) is 12.0 Å². The van der Waals surface area contributed by atoms with Crippen LogP contribution < -0.4 is 5.73 Å².